The zero-order valence-electron chi connectivity index (χ0n) is 13.9. The number of carbonyl (C=O) groups excluding carboxylic acids is 1. The van der Waals surface area contributed by atoms with Crippen LogP contribution in [0.4, 0.5) is 0 Å². The van der Waals surface area contributed by atoms with Crippen molar-refractivity contribution in [3.05, 3.63) is 36.5 Å². The van der Waals surface area contributed by atoms with Gasteiger partial charge in [0.15, 0.2) is 0 Å². The lowest BCUT2D eigenvalue weighted by Crippen LogP contribution is -2.26. The fraction of sp³-hybridized carbons (Fsp3) is 0.474. The zero-order valence-corrected chi connectivity index (χ0v) is 13.9. The van der Waals surface area contributed by atoms with E-state index in [2.05, 4.69) is 10.3 Å². The van der Waals surface area contributed by atoms with Gasteiger partial charge in [-0.2, -0.15) is 0 Å². The molecule has 1 aromatic carbocycles. The first-order valence-corrected chi connectivity index (χ1v) is 8.68. The number of benzene rings is 1. The van der Waals surface area contributed by atoms with Gasteiger partial charge in [0.1, 0.15) is 11.3 Å². The molecular weight excluding hydrogens is 304 g/mol. The van der Waals surface area contributed by atoms with Crippen LogP contribution in [0.3, 0.4) is 0 Å². The summed E-state index contributed by atoms with van der Waals surface area (Å²) in [6.07, 6.45) is 6.38. The Morgan fingerprint density at radius 1 is 1.33 bits per heavy atom. The Morgan fingerprint density at radius 2 is 2.25 bits per heavy atom. The summed E-state index contributed by atoms with van der Waals surface area (Å²) in [4.78, 5) is 16.2. The van der Waals surface area contributed by atoms with E-state index in [0.717, 1.165) is 48.9 Å². The maximum absolute atomic E-state index is 11.8. The van der Waals surface area contributed by atoms with Crippen molar-refractivity contribution in [2.45, 2.75) is 38.2 Å². The molecule has 1 N–H and O–H groups in total. The van der Waals surface area contributed by atoms with E-state index in [1.165, 1.54) is 0 Å². The minimum atomic E-state index is 0.0947. The average Bonchev–Trinajstić information content (AvgIpc) is 3.13. The van der Waals surface area contributed by atoms with Crippen LogP contribution in [0.15, 0.2) is 36.5 Å². The molecule has 1 atom stereocenters. The lowest BCUT2D eigenvalue weighted by atomic mass is 10.1. The largest absolute Gasteiger partial charge is 0.491 e. The monoisotopic (exact) mass is 328 g/mol. The molecule has 0 spiro atoms. The Morgan fingerprint density at radius 3 is 3.12 bits per heavy atom. The predicted molar refractivity (Wildman–Crippen MR) is 93.1 cm³/mol. The highest BCUT2D eigenvalue weighted by Crippen LogP contribution is 2.22. The maximum atomic E-state index is 11.8. The lowest BCUT2D eigenvalue weighted by molar-refractivity contribution is -0.121. The second-order valence-electron chi connectivity index (χ2n) is 6.06. The van der Waals surface area contributed by atoms with Crippen LogP contribution in [0.1, 0.15) is 32.1 Å². The lowest BCUT2D eigenvalue weighted by Gasteiger charge is -2.10. The molecule has 5 nitrogen and oxygen atoms in total. The quantitative estimate of drug-likeness (QED) is 0.757. The fourth-order valence-electron chi connectivity index (χ4n) is 2.93. The summed E-state index contributed by atoms with van der Waals surface area (Å²) in [5.74, 6) is 0.884. The van der Waals surface area contributed by atoms with Gasteiger partial charge in [0.25, 0.3) is 0 Å². The number of nitrogens with one attached hydrogen (secondary N) is 1. The number of pyridine rings is 1. The standard InChI is InChI=1S/C19H24N2O3/c22-18(10-9-16-7-3-13-23-16)20-12-4-14-24-17-8-1-5-15-6-2-11-21-19(15)17/h1-2,5-6,8,11,16H,3-4,7,9-10,12-14H2,(H,20,22). The van der Waals surface area contributed by atoms with Crippen LogP contribution in [-0.4, -0.2) is 36.8 Å². The second kappa shape index (κ2) is 8.64. The van der Waals surface area contributed by atoms with Gasteiger partial charge in [-0.1, -0.05) is 18.2 Å². The molecule has 2 heterocycles. The topological polar surface area (TPSA) is 60.5 Å². The molecule has 0 bridgehead atoms. The minimum absolute atomic E-state index is 0.0947. The summed E-state index contributed by atoms with van der Waals surface area (Å²) in [5.41, 5.74) is 0.876. The van der Waals surface area contributed by atoms with E-state index in [4.69, 9.17) is 9.47 Å². The Balaban J connectivity index is 1.34. The smallest absolute Gasteiger partial charge is 0.220 e. The van der Waals surface area contributed by atoms with Gasteiger partial charge < -0.3 is 14.8 Å². The molecule has 1 aliphatic rings. The van der Waals surface area contributed by atoms with Crippen molar-refractivity contribution < 1.29 is 14.3 Å². The highest BCUT2D eigenvalue weighted by atomic mass is 16.5. The fourth-order valence-corrected chi connectivity index (χ4v) is 2.93. The first-order valence-electron chi connectivity index (χ1n) is 8.68. The van der Waals surface area contributed by atoms with Gasteiger partial charge in [-0.15, -0.1) is 0 Å². The number of ether oxygens (including phenoxy) is 2. The normalized spacial score (nSPS) is 17.1. The van der Waals surface area contributed by atoms with Gasteiger partial charge in [0.2, 0.25) is 5.91 Å². The Bertz CT molecular complexity index is 663. The van der Waals surface area contributed by atoms with E-state index < -0.39 is 0 Å². The van der Waals surface area contributed by atoms with Gasteiger partial charge in [0, 0.05) is 31.2 Å². The SMILES string of the molecule is O=C(CCC1CCCO1)NCCCOc1cccc2cccnc12. The van der Waals surface area contributed by atoms with Crippen molar-refractivity contribution in [3.8, 4) is 5.75 Å². The molecule has 0 aliphatic carbocycles. The van der Waals surface area contributed by atoms with Gasteiger partial charge in [-0.3, -0.25) is 9.78 Å². The van der Waals surface area contributed by atoms with Crippen molar-refractivity contribution in [2.75, 3.05) is 19.8 Å². The number of para-hydroxylation sites is 1. The van der Waals surface area contributed by atoms with Crippen LogP contribution in [-0.2, 0) is 9.53 Å². The van der Waals surface area contributed by atoms with E-state index in [0.29, 0.717) is 19.6 Å². The summed E-state index contributed by atoms with van der Waals surface area (Å²) in [6, 6.07) is 9.84. The number of hydrogen-bond donors (Lipinski definition) is 1. The van der Waals surface area contributed by atoms with E-state index in [9.17, 15) is 4.79 Å². The highest BCUT2D eigenvalue weighted by Gasteiger charge is 2.16. The molecule has 2 aromatic rings. The molecule has 0 radical (unpaired) electrons. The molecule has 1 fully saturated rings. The molecule has 1 amide bonds. The molecule has 1 aromatic heterocycles. The Labute approximate surface area is 142 Å². The van der Waals surface area contributed by atoms with E-state index >= 15 is 0 Å². The number of amides is 1. The molecule has 1 saturated heterocycles. The van der Waals surface area contributed by atoms with Gasteiger partial charge in [-0.25, -0.2) is 0 Å². The van der Waals surface area contributed by atoms with E-state index in [1.807, 2.05) is 30.3 Å². The molecule has 1 unspecified atom stereocenters. The number of hydrogen-bond acceptors (Lipinski definition) is 4. The number of fused-ring (bicyclic) bond motifs is 1. The molecule has 0 saturated carbocycles. The van der Waals surface area contributed by atoms with Crippen LogP contribution in [0.25, 0.3) is 10.9 Å². The molecule has 1 aliphatic heterocycles. The summed E-state index contributed by atoms with van der Waals surface area (Å²) in [7, 11) is 0. The number of aromatic nitrogens is 1. The van der Waals surface area contributed by atoms with Crippen molar-refractivity contribution in [2.24, 2.45) is 0 Å². The van der Waals surface area contributed by atoms with Crippen LogP contribution in [0.5, 0.6) is 5.75 Å². The zero-order chi connectivity index (χ0) is 16.6. The van der Waals surface area contributed by atoms with Gasteiger partial charge >= 0.3 is 0 Å². The Hall–Kier alpha value is -2.14. The molecule has 3 rings (SSSR count). The molecule has 128 valence electrons. The predicted octanol–water partition coefficient (Wildman–Crippen LogP) is 3.08. The van der Waals surface area contributed by atoms with Crippen LogP contribution >= 0.6 is 0 Å². The maximum Gasteiger partial charge on any atom is 0.220 e. The summed E-state index contributed by atoms with van der Waals surface area (Å²) in [6.45, 7) is 2.02. The number of nitrogens with zero attached hydrogens (tertiary/aromatic N) is 1. The first-order chi connectivity index (χ1) is 11.8. The third-order valence-electron chi connectivity index (χ3n) is 4.21. The van der Waals surface area contributed by atoms with E-state index in [-0.39, 0.29) is 12.0 Å². The molecule has 24 heavy (non-hydrogen) atoms. The van der Waals surface area contributed by atoms with Gasteiger partial charge in [-0.05, 0) is 37.8 Å². The van der Waals surface area contributed by atoms with E-state index in [1.54, 1.807) is 6.20 Å². The minimum Gasteiger partial charge on any atom is -0.491 e. The summed E-state index contributed by atoms with van der Waals surface area (Å²) < 4.78 is 11.3. The summed E-state index contributed by atoms with van der Waals surface area (Å²) in [5, 5.41) is 4.01. The third kappa shape index (κ3) is 4.68. The highest BCUT2D eigenvalue weighted by molar-refractivity contribution is 5.84. The Kier molecular flexibility index (Phi) is 6.01. The first kappa shape index (κ1) is 16.7. The van der Waals surface area contributed by atoms with Gasteiger partial charge in [0.05, 0.1) is 12.7 Å². The number of carbonyl (C=O) groups is 1. The molecular formula is C19H24N2O3. The van der Waals surface area contributed by atoms with Crippen LogP contribution < -0.4 is 10.1 Å². The van der Waals surface area contributed by atoms with Crippen molar-refractivity contribution in [1.29, 1.82) is 0 Å². The van der Waals surface area contributed by atoms with Crippen LogP contribution in [0, 0.1) is 0 Å². The number of rotatable bonds is 8. The van der Waals surface area contributed by atoms with Crippen molar-refractivity contribution in [1.82, 2.24) is 10.3 Å². The summed E-state index contributed by atoms with van der Waals surface area (Å²) >= 11 is 0. The third-order valence-corrected chi connectivity index (χ3v) is 4.21. The molecule has 5 heteroatoms. The van der Waals surface area contributed by atoms with Crippen molar-refractivity contribution >= 4 is 16.8 Å². The van der Waals surface area contributed by atoms with Crippen molar-refractivity contribution in [3.63, 3.8) is 0 Å². The average molecular weight is 328 g/mol. The van der Waals surface area contributed by atoms with Crippen LogP contribution in [0.2, 0.25) is 0 Å². The second-order valence-corrected chi connectivity index (χ2v) is 6.06.